The fourth-order valence-corrected chi connectivity index (χ4v) is 3.53. The first-order valence-electron chi connectivity index (χ1n) is 10.3. The quantitative estimate of drug-likeness (QED) is 0.508. The molecule has 2 aromatic rings. The minimum atomic E-state index is -0.731. The summed E-state index contributed by atoms with van der Waals surface area (Å²) in [4.78, 5) is 38.1. The maximum absolute atomic E-state index is 12.5. The highest BCUT2D eigenvalue weighted by molar-refractivity contribution is 6.35. The molecule has 1 unspecified atom stereocenters. The lowest BCUT2D eigenvalue weighted by atomic mass is 10.1. The minimum absolute atomic E-state index is 0.0154. The molecule has 1 aliphatic rings. The molecule has 3 rings (SSSR count). The van der Waals surface area contributed by atoms with Crippen molar-refractivity contribution in [3.8, 4) is 0 Å². The molecule has 0 aromatic heterocycles. The molecule has 0 radical (unpaired) electrons. The summed E-state index contributed by atoms with van der Waals surface area (Å²) in [6.45, 7) is 1.98. The van der Waals surface area contributed by atoms with Crippen molar-refractivity contribution in [3.63, 3.8) is 0 Å². The molecule has 8 heteroatoms. The molecule has 0 spiro atoms. The van der Waals surface area contributed by atoms with Gasteiger partial charge in [0, 0.05) is 31.1 Å². The third-order valence-electron chi connectivity index (χ3n) is 5.05. The number of ether oxygens (including phenoxy) is 1. The first-order chi connectivity index (χ1) is 15.0. The molecule has 2 N–H and O–H groups in total. The molecule has 1 fully saturated rings. The average Bonchev–Trinajstić information content (AvgIpc) is 2.81. The summed E-state index contributed by atoms with van der Waals surface area (Å²) in [6, 6.07) is 16.9. The number of morpholine rings is 1. The average molecular weight is 444 g/mol. The summed E-state index contributed by atoms with van der Waals surface area (Å²) in [6.07, 6.45) is 0.624. The van der Waals surface area contributed by atoms with E-state index in [1.807, 2.05) is 30.3 Å². The molecule has 1 saturated heterocycles. The SMILES string of the molecule is O=C(NCCCC(=O)N1CCOC(c2ccccc2)C1)C(=O)NCc1ccccc1Cl. The molecule has 3 amide bonds. The Morgan fingerprint density at radius 3 is 2.48 bits per heavy atom. The number of halogens is 1. The molecule has 0 saturated carbocycles. The second-order valence-electron chi connectivity index (χ2n) is 7.24. The highest BCUT2D eigenvalue weighted by atomic mass is 35.5. The van der Waals surface area contributed by atoms with E-state index in [2.05, 4.69) is 10.6 Å². The number of rotatable bonds is 7. The van der Waals surface area contributed by atoms with Gasteiger partial charge in [-0.15, -0.1) is 0 Å². The Morgan fingerprint density at radius 1 is 1.00 bits per heavy atom. The lowest BCUT2D eigenvalue weighted by Gasteiger charge is -2.33. The Morgan fingerprint density at radius 2 is 1.71 bits per heavy atom. The fraction of sp³-hybridized carbons (Fsp3) is 0.348. The van der Waals surface area contributed by atoms with Crippen molar-refractivity contribution < 1.29 is 19.1 Å². The van der Waals surface area contributed by atoms with Gasteiger partial charge in [-0.2, -0.15) is 0 Å². The van der Waals surface area contributed by atoms with Gasteiger partial charge in [-0.1, -0.05) is 60.1 Å². The van der Waals surface area contributed by atoms with E-state index in [4.69, 9.17) is 16.3 Å². The monoisotopic (exact) mass is 443 g/mol. The van der Waals surface area contributed by atoms with Gasteiger partial charge in [0.15, 0.2) is 0 Å². The Kier molecular flexibility index (Phi) is 8.44. The van der Waals surface area contributed by atoms with Crippen LogP contribution >= 0.6 is 11.6 Å². The second-order valence-corrected chi connectivity index (χ2v) is 7.65. The van der Waals surface area contributed by atoms with Crippen LogP contribution in [0, 0.1) is 0 Å². The van der Waals surface area contributed by atoms with Crippen molar-refractivity contribution in [1.29, 1.82) is 0 Å². The lowest BCUT2D eigenvalue weighted by Crippen LogP contribution is -2.43. The lowest BCUT2D eigenvalue weighted by molar-refractivity contribution is -0.140. The van der Waals surface area contributed by atoms with E-state index in [1.165, 1.54) is 0 Å². The Labute approximate surface area is 186 Å². The van der Waals surface area contributed by atoms with Gasteiger partial charge in [0.05, 0.1) is 13.2 Å². The summed E-state index contributed by atoms with van der Waals surface area (Å²) in [5, 5.41) is 5.61. The smallest absolute Gasteiger partial charge is 0.309 e. The minimum Gasteiger partial charge on any atom is -0.370 e. The third-order valence-corrected chi connectivity index (χ3v) is 5.42. The van der Waals surface area contributed by atoms with Crippen LogP contribution in [-0.2, 0) is 25.7 Å². The fourth-order valence-electron chi connectivity index (χ4n) is 3.32. The third kappa shape index (κ3) is 6.80. The van der Waals surface area contributed by atoms with Crippen molar-refractivity contribution in [3.05, 3.63) is 70.7 Å². The number of nitrogens with zero attached hydrogens (tertiary/aromatic N) is 1. The topological polar surface area (TPSA) is 87.7 Å². The van der Waals surface area contributed by atoms with Gasteiger partial charge in [-0.25, -0.2) is 0 Å². The van der Waals surface area contributed by atoms with Crippen LogP contribution in [0.15, 0.2) is 54.6 Å². The van der Waals surface area contributed by atoms with E-state index in [9.17, 15) is 14.4 Å². The van der Waals surface area contributed by atoms with E-state index in [1.54, 1.807) is 29.2 Å². The van der Waals surface area contributed by atoms with Crippen LogP contribution in [0.5, 0.6) is 0 Å². The van der Waals surface area contributed by atoms with Crippen LogP contribution in [0.2, 0.25) is 5.02 Å². The molecular formula is C23H26ClN3O4. The van der Waals surface area contributed by atoms with Crippen molar-refractivity contribution in [2.75, 3.05) is 26.2 Å². The molecule has 1 aliphatic heterocycles. The number of benzene rings is 2. The van der Waals surface area contributed by atoms with Crippen molar-refractivity contribution in [2.24, 2.45) is 0 Å². The standard InChI is InChI=1S/C23H26ClN3O4/c24-19-10-5-4-9-18(19)15-26-23(30)22(29)25-12-6-11-21(28)27-13-14-31-20(16-27)17-7-2-1-3-8-17/h1-5,7-10,20H,6,11-16H2,(H,25,29)(H,26,30). The van der Waals surface area contributed by atoms with E-state index in [0.717, 1.165) is 11.1 Å². The van der Waals surface area contributed by atoms with Crippen molar-refractivity contribution >= 4 is 29.3 Å². The summed E-state index contributed by atoms with van der Waals surface area (Å²) < 4.78 is 5.79. The van der Waals surface area contributed by atoms with Gasteiger partial charge < -0.3 is 20.3 Å². The zero-order valence-corrected chi connectivity index (χ0v) is 17.9. The summed E-state index contributed by atoms with van der Waals surface area (Å²) >= 11 is 6.03. The first kappa shape index (κ1) is 22.8. The Bertz CT molecular complexity index is 907. The Hall–Kier alpha value is -2.90. The molecule has 0 bridgehead atoms. The highest BCUT2D eigenvalue weighted by Crippen LogP contribution is 2.22. The molecule has 2 aromatic carbocycles. The predicted molar refractivity (Wildman–Crippen MR) is 117 cm³/mol. The number of hydrogen-bond acceptors (Lipinski definition) is 4. The highest BCUT2D eigenvalue weighted by Gasteiger charge is 2.25. The molecule has 7 nitrogen and oxygen atoms in total. The van der Waals surface area contributed by atoms with Crippen LogP contribution < -0.4 is 10.6 Å². The van der Waals surface area contributed by atoms with Crippen LogP contribution in [0.3, 0.4) is 0 Å². The number of nitrogens with one attached hydrogen (secondary N) is 2. The van der Waals surface area contributed by atoms with Crippen LogP contribution in [0.4, 0.5) is 0 Å². The zero-order chi connectivity index (χ0) is 22.1. The summed E-state index contributed by atoms with van der Waals surface area (Å²) in [7, 11) is 0. The number of carbonyl (C=O) groups excluding carboxylic acids is 3. The van der Waals surface area contributed by atoms with Crippen molar-refractivity contribution in [1.82, 2.24) is 15.5 Å². The van der Waals surface area contributed by atoms with Gasteiger partial charge in [0.1, 0.15) is 6.10 Å². The normalized spacial score (nSPS) is 15.9. The Balaban J connectivity index is 1.35. The van der Waals surface area contributed by atoms with Gasteiger partial charge in [-0.3, -0.25) is 14.4 Å². The van der Waals surface area contributed by atoms with Gasteiger partial charge >= 0.3 is 11.8 Å². The zero-order valence-electron chi connectivity index (χ0n) is 17.2. The van der Waals surface area contributed by atoms with Gasteiger partial charge in [-0.05, 0) is 23.6 Å². The van der Waals surface area contributed by atoms with Crippen LogP contribution in [0.25, 0.3) is 0 Å². The predicted octanol–water partition coefficient (Wildman–Crippen LogP) is 2.45. The van der Waals surface area contributed by atoms with E-state index < -0.39 is 11.8 Å². The molecular weight excluding hydrogens is 418 g/mol. The van der Waals surface area contributed by atoms with Crippen LogP contribution in [-0.4, -0.2) is 48.9 Å². The molecule has 31 heavy (non-hydrogen) atoms. The molecule has 1 heterocycles. The first-order valence-corrected chi connectivity index (χ1v) is 10.7. The van der Waals surface area contributed by atoms with Crippen molar-refractivity contribution in [2.45, 2.75) is 25.5 Å². The largest absolute Gasteiger partial charge is 0.370 e. The summed E-state index contributed by atoms with van der Waals surface area (Å²) in [5.41, 5.74) is 1.78. The van der Waals surface area contributed by atoms with Gasteiger partial charge in [0.2, 0.25) is 5.91 Å². The van der Waals surface area contributed by atoms with Gasteiger partial charge in [0.25, 0.3) is 0 Å². The molecule has 1 atom stereocenters. The number of hydrogen-bond donors (Lipinski definition) is 2. The van der Waals surface area contributed by atoms with Crippen LogP contribution in [0.1, 0.15) is 30.1 Å². The number of carbonyl (C=O) groups is 3. The molecule has 0 aliphatic carbocycles. The maximum atomic E-state index is 12.5. The van der Waals surface area contributed by atoms with E-state index in [0.29, 0.717) is 37.6 Å². The maximum Gasteiger partial charge on any atom is 0.309 e. The van der Waals surface area contributed by atoms with E-state index in [-0.39, 0.29) is 25.1 Å². The van der Waals surface area contributed by atoms with E-state index >= 15 is 0 Å². The molecule has 164 valence electrons. The number of amides is 3. The second kappa shape index (κ2) is 11.5. The summed E-state index contributed by atoms with van der Waals surface area (Å²) in [5.74, 6) is -1.44.